The molecule has 1 aliphatic heterocycles. The van der Waals surface area contributed by atoms with Crippen molar-refractivity contribution in [2.75, 3.05) is 19.0 Å². The molecule has 5 rings (SSSR count). The fourth-order valence-electron chi connectivity index (χ4n) is 4.99. The highest BCUT2D eigenvalue weighted by molar-refractivity contribution is 6.30. The maximum absolute atomic E-state index is 15.1. The van der Waals surface area contributed by atoms with Gasteiger partial charge in [-0.1, -0.05) is 35.9 Å². The highest BCUT2D eigenvalue weighted by Gasteiger charge is 2.37. The first-order valence-corrected chi connectivity index (χ1v) is 12.9. The Kier molecular flexibility index (Phi) is 7.68. The molecule has 3 aromatic rings. The molecule has 5 nitrogen and oxygen atoms in total. The van der Waals surface area contributed by atoms with Crippen molar-refractivity contribution < 1.29 is 27.8 Å². The van der Waals surface area contributed by atoms with Crippen molar-refractivity contribution in [1.29, 1.82) is 0 Å². The first kappa shape index (κ1) is 26.2. The zero-order valence-corrected chi connectivity index (χ0v) is 21.7. The SMILES string of the molecule is COc1ccc(COC2(c3ccc(Cl)cc3F)CC=C(COc3ccc(F)c4c3CCC(=O)N4)CC2)cc1. The van der Waals surface area contributed by atoms with Gasteiger partial charge in [0.05, 0.1) is 19.4 Å². The summed E-state index contributed by atoms with van der Waals surface area (Å²) in [6, 6.07) is 15.2. The second kappa shape index (κ2) is 11.1. The fourth-order valence-corrected chi connectivity index (χ4v) is 5.15. The molecule has 38 heavy (non-hydrogen) atoms. The van der Waals surface area contributed by atoms with Crippen molar-refractivity contribution in [2.45, 2.75) is 44.3 Å². The van der Waals surface area contributed by atoms with Crippen molar-refractivity contribution in [2.24, 2.45) is 0 Å². The van der Waals surface area contributed by atoms with Gasteiger partial charge in [0, 0.05) is 22.6 Å². The summed E-state index contributed by atoms with van der Waals surface area (Å²) in [6.45, 7) is 0.614. The van der Waals surface area contributed by atoms with Crippen LogP contribution in [0.2, 0.25) is 5.02 Å². The Morgan fingerprint density at radius 1 is 0.974 bits per heavy atom. The third kappa shape index (κ3) is 5.54. The van der Waals surface area contributed by atoms with Crippen LogP contribution in [0.15, 0.2) is 66.2 Å². The average molecular weight is 540 g/mol. The number of ether oxygens (including phenoxy) is 3. The van der Waals surface area contributed by atoms with E-state index in [0.717, 1.165) is 16.9 Å². The quantitative estimate of drug-likeness (QED) is 0.310. The molecule has 1 amide bonds. The van der Waals surface area contributed by atoms with E-state index in [1.807, 2.05) is 30.3 Å². The standard InChI is InChI=1S/C30H28ClF2NO4/c1-36-22-5-2-19(3-6-22)18-38-30(24-8-4-21(31)16-26(24)33)14-12-20(13-15-30)17-37-27-10-9-25(32)29-23(27)7-11-28(35)34-29/h2-6,8-10,12,16H,7,11,13-15,17-18H2,1H3,(H,34,35). The average Bonchev–Trinajstić information content (AvgIpc) is 2.93. The lowest BCUT2D eigenvalue weighted by Gasteiger charge is -2.37. The molecule has 0 spiro atoms. The van der Waals surface area contributed by atoms with E-state index in [1.54, 1.807) is 25.3 Å². The normalized spacial score (nSPS) is 18.8. The largest absolute Gasteiger partial charge is 0.497 e. The van der Waals surface area contributed by atoms with Crippen LogP contribution in [0.3, 0.4) is 0 Å². The highest BCUT2D eigenvalue weighted by atomic mass is 35.5. The predicted octanol–water partition coefficient (Wildman–Crippen LogP) is 7.11. The number of anilines is 1. The molecule has 198 valence electrons. The number of fused-ring (bicyclic) bond motifs is 1. The van der Waals surface area contributed by atoms with Gasteiger partial charge in [-0.25, -0.2) is 8.78 Å². The number of rotatable bonds is 8. The molecule has 0 bridgehead atoms. The summed E-state index contributed by atoms with van der Waals surface area (Å²) in [6.07, 6.45) is 4.38. The van der Waals surface area contributed by atoms with Gasteiger partial charge < -0.3 is 19.5 Å². The molecule has 1 heterocycles. The molecule has 0 fully saturated rings. The van der Waals surface area contributed by atoms with E-state index in [2.05, 4.69) is 5.32 Å². The first-order chi connectivity index (χ1) is 18.4. The second-order valence-corrected chi connectivity index (χ2v) is 9.99. The molecule has 0 saturated heterocycles. The topological polar surface area (TPSA) is 56.8 Å². The lowest BCUT2D eigenvalue weighted by Crippen LogP contribution is -2.33. The predicted molar refractivity (Wildman–Crippen MR) is 142 cm³/mol. The fraction of sp³-hybridized carbons (Fsp3) is 0.300. The molecule has 8 heteroatoms. The summed E-state index contributed by atoms with van der Waals surface area (Å²) < 4.78 is 47.1. The minimum absolute atomic E-state index is 0.195. The molecule has 1 aliphatic carbocycles. The van der Waals surface area contributed by atoms with E-state index in [-0.39, 0.29) is 18.0 Å². The van der Waals surface area contributed by atoms with Gasteiger partial charge in [-0.05, 0) is 73.2 Å². The Bertz CT molecular complexity index is 1380. The molecular weight excluding hydrogens is 512 g/mol. The molecule has 2 aliphatic rings. The number of amides is 1. The summed E-state index contributed by atoms with van der Waals surface area (Å²) >= 11 is 6.03. The Morgan fingerprint density at radius 2 is 1.79 bits per heavy atom. The van der Waals surface area contributed by atoms with Crippen LogP contribution in [0.5, 0.6) is 11.5 Å². The first-order valence-electron chi connectivity index (χ1n) is 12.5. The number of methoxy groups -OCH3 is 1. The van der Waals surface area contributed by atoms with Crippen LogP contribution >= 0.6 is 11.6 Å². The monoisotopic (exact) mass is 539 g/mol. The third-order valence-electron chi connectivity index (χ3n) is 7.17. The maximum atomic E-state index is 15.1. The van der Waals surface area contributed by atoms with Crippen LogP contribution in [0.1, 0.15) is 42.4 Å². The van der Waals surface area contributed by atoms with E-state index in [9.17, 15) is 9.18 Å². The minimum atomic E-state index is -0.864. The van der Waals surface area contributed by atoms with Crippen molar-refractivity contribution >= 4 is 23.2 Å². The summed E-state index contributed by atoms with van der Waals surface area (Å²) in [5, 5.41) is 2.93. The Labute approximate surface area is 225 Å². The lowest BCUT2D eigenvalue weighted by molar-refractivity contribution is -0.116. The maximum Gasteiger partial charge on any atom is 0.224 e. The molecular formula is C30H28ClF2NO4. The second-order valence-electron chi connectivity index (χ2n) is 9.56. The smallest absolute Gasteiger partial charge is 0.224 e. The summed E-state index contributed by atoms with van der Waals surface area (Å²) in [5.41, 5.74) is 2.46. The Hall–Kier alpha value is -3.42. The highest BCUT2D eigenvalue weighted by Crippen LogP contribution is 2.43. The number of halogens is 3. The van der Waals surface area contributed by atoms with Crippen LogP contribution in [-0.4, -0.2) is 19.6 Å². The minimum Gasteiger partial charge on any atom is -0.497 e. The Morgan fingerprint density at radius 3 is 2.50 bits per heavy atom. The van der Waals surface area contributed by atoms with Gasteiger partial charge in [0.25, 0.3) is 0 Å². The van der Waals surface area contributed by atoms with E-state index in [1.165, 1.54) is 12.1 Å². The van der Waals surface area contributed by atoms with Crippen molar-refractivity contribution in [3.05, 3.63) is 99.6 Å². The van der Waals surface area contributed by atoms with Crippen molar-refractivity contribution in [3.8, 4) is 11.5 Å². The van der Waals surface area contributed by atoms with Crippen LogP contribution in [-0.2, 0) is 28.2 Å². The summed E-state index contributed by atoms with van der Waals surface area (Å²) in [4.78, 5) is 11.7. The van der Waals surface area contributed by atoms with E-state index >= 15 is 4.39 Å². The zero-order valence-electron chi connectivity index (χ0n) is 21.0. The van der Waals surface area contributed by atoms with Gasteiger partial charge in [-0.3, -0.25) is 4.79 Å². The van der Waals surface area contributed by atoms with Crippen LogP contribution in [0.25, 0.3) is 0 Å². The number of carbonyl (C=O) groups excluding carboxylic acids is 1. The number of benzene rings is 3. The molecule has 0 saturated carbocycles. The molecule has 3 aromatic carbocycles. The number of carbonyl (C=O) groups is 1. The van der Waals surface area contributed by atoms with Crippen LogP contribution in [0, 0.1) is 11.6 Å². The number of hydrogen-bond donors (Lipinski definition) is 1. The molecule has 1 N–H and O–H groups in total. The zero-order chi connectivity index (χ0) is 26.7. The molecule has 0 radical (unpaired) electrons. The van der Waals surface area contributed by atoms with Gasteiger partial charge in [0.15, 0.2) is 0 Å². The van der Waals surface area contributed by atoms with Crippen molar-refractivity contribution in [3.63, 3.8) is 0 Å². The third-order valence-corrected chi connectivity index (χ3v) is 7.40. The lowest BCUT2D eigenvalue weighted by atomic mass is 9.80. The summed E-state index contributed by atoms with van der Waals surface area (Å²) in [5.74, 6) is 0.228. The van der Waals surface area contributed by atoms with Gasteiger partial charge in [-0.2, -0.15) is 0 Å². The van der Waals surface area contributed by atoms with Gasteiger partial charge in [0.1, 0.15) is 35.3 Å². The van der Waals surface area contributed by atoms with E-state index in [4.69, 9.17) is 25.8 Å². The van der Waals surface area contributed by atoms with Gasteiger partial charge in [-0.15, -0.1) is 0 Å². The summed E-state index contributed by atoms with van der Waals surface area (Å²) in [7, 11) is 1.61. The molecule has 1 atom stereocenters. The van der Waals surface area contributed by atoms with Crippen LogP contribution in [0.4, 0.5) is 14.5 Å². The van der Waals surface area contributed by atoms with E-state index < -0.39 is 17.2 Å². The molecule has 1 unspecified atom stereocenters. The van der Waals surface area contributed by atoms with Crippen LogP contribution < -0.4 is 14.8 Å². The van der Waals surface area contributed by atoms with Gasteiger partial charge >= 0.3 is 0 Å². The Balaban J connectivity index is 1.33. The van der Waals surface area contributed by atoms with Crippen molar-refractivity contribution in [1.82, 2.24) is 0 Å². The molecule has 0 aromatic heterocycles. The number of hydrogen-bond acceptors (Lipinski definition) is 4. The van der Waals surface area contributed by atoms with E-state index in [0.29, 0.717) is 60.8 Å². The number of nitrogens with one attached hydrogen (secondary N) is 1. The van der Waals surface area contributed by atoms with Gasteiger partial charge in [0.2, 0.25) is 5.91 Å².